The third kappa shape index (κ3) is 4.35. The van der Waals surface area contributed by atoms with E-state index in [9.17, 15) is 0 Å². The molecule has 1 saturated carbocycles. The molecule has 1 aliphatic carbocycles. The van der Waals surface area contributed by atoms with Gasteiger partial charge in [-0.3, -0.25) is 0 Å². The summed E-state index contributed by atoms with van der Waals surface area (Å²) in [6, 6.07) is 6.77. The Hall–Kier alpha value is -1.26. The van der Waals surface area contributed by atoms with E-state index in [1.54, 1.807) is 7.11 Å². The first-order valence-electron chi connectivity index (χ1n) is 7.96. The smallest absolute Gasteiger partial charge is 0.124 e. The second-order valence-corrected chi connectivity index (χ2v) is 6.00. The maximum Gasteiger partial charge on any atom is 0.124 e. The largest absolute Gasteiger partial charge is 0.497 e. The topological polar surface area (TPSA) is 39.7 Å². The lowest BCUT2D eigenvalue weighted by atomic mass is 10.0. The zero-order chi connectivity index (χ0) is 14.5. The van der Waals surface area contributed by atoms with Crippen LogP contribution < -0.4 is 14.8 Å². The van der Waals surface area contributed by atoms with Crippen LogP contribution in [0, 0.1) is 5.92 Å². The van der Waals surface area contributed by atoms with E-state index in [1.807, 2.05) is 12.1 Å². The Morgan fingerprint density at radius 2 is 2.00 bits per heavy atom. The van der Waals surface area contributed by atoms with Gasteiger partial charge in [0.2, 0.25) is 0 Å². The Balaban J connectivity index is 1.60. The van der Waals surface area contributed by atoms with E-state index in [4.69, 9.17) is 14.2 Å². The highest BCUT2D eigenvalue weighted by atomic mass is 16.5. The zero-order valence-electron chi connectivity index (χ0n) is 12.8. The molecule has 1 N–H and O–H groups in total. The quantitative estimate of drug-likeness (QED) is 0.838. The van der Waals surface area contributed by atoms with E-state index in [0.717, 1.165) is 50.7 Å². The summed E-state index contributed by atoms with van der Waals surface area (Å²) >= 11 is 0. The summed E-state index contributed by atoms with van der Waals surface area (Å²) < 4.78 is 16.8. The third-order valence-electron chi connectivity index (χ3n) is 4.24. The molecule has 0 atom stereocenters. The van der Waals surface area contributed by atoms with Gasteiger partial charge in [0.05, 0.1) is 13.7 Å². The van der Waals surface area contributed by atoms with Crippen LogP contribution in [0.15, 0.2) is 18.2 Å². The lowest BCUT2D eigenvalue weighted by molar-refractivity contribution is 0.0496. The van der Waals surface area contributed by atoms with E-state index >= 15 is 0 Å². The molecule has 21 heavy (non-hydrogen) atoms. The molecule has 0 unspecified atom stereocenters. The van der Waals surface area contributed by atoms with E-state index in [-0.39, 0.29) is 0 Å². The van der Waals surface area contributed by atoms with Crippen molar-refractivity contribution in [3.05, 3.63) is 23.8 Å². The molecule has 4 nitrogen and oxygen atoms in total. The van der Waals surface area contributed by atoms with E-state index < -0.39 is 0 Å². The highest BCUT2D eigenvalue weighted by Gasteiger charge is 2.21. The standard InChI is InChI=1S/C17H25NO3/c1-19-16-4-5-17(14(10-16)11-18-15-2-3-15)21-12-13-6-8-20-9-7-13/h4-5,10,13,15,18H,2-3,6-9,11-12H2,1H3. The van der Waals surface area contributed by atoms with Gasteiger partial charge >= 0.3 is 0 Å². The Bertz CT molecular complexity index is 453. The molecule has 1 aliphatic heterocycles. The molecule has 1 heterocycles. The number of nitrogens with one attached hydrogen (secondary N) is 1. The Kier molecular flexibility index (Phi) is 4.99. The van der Waals surface area contributed by atoms with Gasteiger partial charge in [0.15, 0.2) is 0 Å². The van der Waals surface area contributed by atoms with Crippen LogP contribution in [0.3, 0.4) is 0 Å². The Morgan fingerprint density at radius 1 is 1.19 bits per heavy atom. The van der Waals surface area contributed by atoms with Crippen molar-refractivity contribution in [2.75, 3.05) is 26.9 Å². The average molecular weight is 291 g/mol. The summed E-state index contributed by atoms with van der Waals surface area (Å²) in [6.45, 7) is 3.37. The van der Waals surface area contributed by atoms with Crippen molar-refractivity contribution in [2.24, 2.45) is 5.92 Å². The van der Waals surface area contributed by atoms with E-state index in [0.29, 0.717) is 12.0 Å². The highest BCUT2D eigenvalue weighted by molar-refractivity contribution is 5.40. The minimum Gasteiger partial charge on any atom is -0.497 e. The summed E-state index contributed by atoms with van der Waals surface area (Å²) in [6.07, 6.45) is 4.79. The SMILES string of the molecule is COc1ccc(OCC2CCOCC2)c(CNC2CC2)c1. The molecule has 1 aromatic carbocycles. The van der Waals surface area contributed by atoms with E-state index in [2.05, 4.69) is 11.4 Å². The predicted molar refractivity (Wildman–Crippen MR) is 81.9 cm³/mol. The van der Waals surface area contributed by atoms with Crippen LogP contribution in [0.25, 0.3) is 0 Å². The van der Waals surface area contributed by atoms with Crippen molar-refractivity contribution in [1.82, 2.24) is 5.32 Å². The van der Waals surface area contributed by atoms with Crippen LogP contribution in [0.2, 0.25) is 0 Å². The summed E-state index contributed by atoms with van der Waals surface area (Å²) in [7, 11) is 1.70. The van der Waals surface area contributed by atoms with Gasteiger partial charge in [-0.2, -0.15) is 0 Å². The van der Waals surface area contributed by atoms with Gasteiger partial charge in [0, 0.05) is 31.4 Å². The summed E-state index contributed by atoms with van der Waals surface area (Å²) in [4.78, 5) is 0. The lowest BCUT2D eigenvalue weighted by Gasteiger charge is -2.23. The van der Waals surface area contributed by atoms with Crippen molar-refractivity contribution >= 4 is 0 Å². The number of hydrogen-bond donors (Lipinski definition) is 1. The van der Waals surface area contributed by atoms with E-state index in [1.165, 1.54) is 18.4 Å². The summed E-state index contributed by atoms with van der Waals surface area (Å²) in [5, 5.41) is 3.55. The molecular weight excluding hydrogens is 266 g/mol. The summed E-state index contributed by atoms with van der Waals surface area (Å²) in [5.41, 5.74) is 1.19. The molecule has 3 rings (SSSR count). The number of ether oxygens (including phenoxy) is 3. The molecule has 2 aliphatic rings. The predicted octanol–water partition coefficient (Wildman–Crippen LogP) is 2.75. The molecule has 0 amide bonds. The minimum absolute atomic E-state index is 0.616. The lowest BCUT2D eigenvalue weighted by Crippen LogP contribution is -2.22. The Morgan fingerprint density at radius 3 is 2.71 bits per heavy atom. The van der Waals surface area contributed by atoms with Crippen molar-refractivity contribution in [3.8, 4) is 11.5 Å². The van der Waals surface area contributed by atoms with Gasteiger partial charge in [-0.25, -0.2) is 0 Å². The second-order valence-electron chi connectivity index (χ2n) is 6.00. The molecule has 0 radical (unpaired) electrons. The van der Waals surface area contributed by atoms with Crippen LogP contribution in [-0.4, -0.2) is 33.0 Å². The van der Waals surface area contributed by atoms with Crippen LogP contribution in [0.4, 0.5) is 0 Å². The Labute approximate surface area is 126 Å². The van der Waals surface area contributed by atoms with Crippen LogP contribution in [0.1, 0.15) is 31.2 Å². The monoisotopic (exact) mass is 291 g/mol. The minimum atomic E-state index is 0.616. The normalized spacial score (nSPS) is 19.5. The fourth-order valence-electron chi connectivity index (χ4n) is 2.62. The first-order chi connectivity index (χ1) is 10.3. The maximum atomic E-state index is 6.08. The van der Waals surface area contributed by atoms with Crippen molar-refractivity contribution in [3.63, 3.8) is 0 Å². The number of hydrogen-bond acceptors (Lipinski definition) is 4. The van der Waals surface area contributed by atoms with Gasteiger partial charge in [0.25, 0.3) is 0 Å². The first kappa shape index (κ1) is 14.7. The van der Waals surface area contributed by atoms with Crippen molar-refractivity contribution < 1.29 is 14.2 Å². The first-order valence-corrected chi connectivity index (χ1v) is 7.96. The summed E-state index contributed by atoms with van der Waals surface area (Å²) in [5.74, 6) is 2.49. The van der Waals surface area contributed by atoms with Crippen LogP contribution >= 0.6 is 0 Å². The van der Waals surface area contributed by atoms with Gasteiger partial charge in [-0.15, -0.1) is 0 Å². The van der Waals surface area contributed by atoms with Crippen LogP contribution in [0.5, 0.6) is 11.5 Å². The van der Waals surface area contributed by atoms with Crippen LogP contribution in [-0.2, 0) is 11.3 Å². The van der Waals surface area contributed by atoms with Gasteiger partial charge in [-0.05, 0) is 49.8 Å². The molecular formula is C17H25NO3. The highest BCUT2D eigenvalue weighted by Crippen LogP contribution is 2.27. The fourth-order valence-corrected chi connectivity index (χ4v) is 2.62. The molecule has 0 bridgehead atoms. The molecule has 1 saturated heterocycles. The number of methoxy groups -OCH3 is 1. The molecule has 4 heteroatoms. The van der Waals surface area contributed by atoms with Gasteiger partial charge < -0.3 is 19.5 Å². The molecule has 1 aromatic rings. The van der Waals surface area contributed by atoms with Gasteiger partial charge in [-0.1, -0.05) is 0 Å². The fraction of sp³-hybridized carbons (Fsp3) is 0.647. The molecule has 2 fully saturated rings. The van der Waals surface area contributed by atoms with Crippen molar-refractivity contribution in [1.29, 1.82) is 0 Å². The average Bonchev–Trinajstić information content (AvgIpc) is 3.36. The number of benzene rings is 1. The third-order valence-corrected chi connectivity index (χ3v) is 4.24. The number of rotatable bonds is 7. The second kappa shape index (κ2) is 7.14. The molecule has 0 aromatic heterocycles. The van der Waals surface area contributed by atoms with Crippen molar-refractivity contribution in [2.45, 2.75) is 38.3 Å². The molecule has 0 spiro atoms. The maximum absolute atomic E-state index is 6.08. The molecule has 116 valence electrons. The van der Waals surface area contributed by atoms with Gasteiger partial charge in [0.1, 0.15) is 11.5 Å². The zero-order valence-corrected chi connectivity index (χ0v) is 12.8.